The highest BCUT2D eigenvalue weighted by Gasteiger charge is 2.45. The molecule has 6 heterocycles. The van der Waals surface area contributed by atoms with Gasteiger partial charge < -0.3 is 19.9 Å². The number of rotatable bonds is 3. The normalized spacial score (nSPS) is 27.1. The maximum absolute atomic E-state index is 13.8. The van der Waals surface area contributed by atoms with Gasteiger partial charge in [0.1, 0.15) is 17.2 Å². The maximum Gasteiger partial charge on any atom is 0.451 e. The summed E-state index contributed by atoms with van der Waals surface area (Å²) in [6.07, 6.45) is -2.38. The quantitative estimate of drug-likeness (QED) is 0.677. The number of piperazine rings is 1. The van der Waals surface area contributed by atoms with Crippen molar-refractivity contribution >= 4 is 23.0 Å². The molecule has 35 heavy (non-hydrogen) atoms. The first kappa shape index (κ1) is 23.4. The molecule has 2 atom stereocenters. The minimum absolute atomic E-state index is 0.0990. The van der Waals surface area contributed by atoms with Crippen molar-refractivity contribution in [1.82, 2.24) is 25.2 Å². The number of nitrogens with zero attached hydrogens (tertiary/aromatic N) is 6. The molecule has 0 aromatic carbocycles. The molecule has 8 nitrogen and oxygen atoms in total. The Labute approximate surface area is 206 Å². The summed E-state index contributed by atoms with van der Waals surface area (Å²) in [4.78, 5) is 19.9. The van der Waals surface area contributed by atoms with Gasteiger partial charge in [-0.25, -0.2) is 15.0 Å². The Balaban J connectivity index is 1.22. The lowest BCUT2D eigenvalue weighted by molar-refractivity contribution is -0.144. The zero-order valence-corrected chi connectivity index (χ0v) is 20.5. The van der Waals surface area contributed by atoms with E-state index in [1.807, 2.05) is 15.3 Å². The van der Waals surface area contributed by atoms with Gasteiger partial charge in [0.15, 0.2) is 0 Å². The first-order valence-electron chi connectivity index (χ1n) is 12.3. The lowest BCUT2D eigenvalue weighted by Gasteiger charge is -2.53. The summed E-state index contributed by atoms with van der Waals surface area (Å²) in [7, 11) is 0. The molecule has 6 rings (SSSR count). The number of hydrogen-bond acceptors (Lipinski definition) is 9. The number of nitrogens with one attached hydrogen (secondary N) is 1. The number of thiazole rings is 1. The average molecular weight is 510 g/mol. The molecule has 0 radical (unpaired) electrons. The third-order valence-corrected chi connectivity index (χ3v) is 9.02. The highest BCUT2D eigenvalue weighted by molar-refractivity contribution is 7.09. The molecule has 0 saturated carbocycles. The zero-order valence-electron chi connectivity index (χ0n) is 19.7. The standard InChI is InChI=1S/C23H30F3N7OS/c1-15-17(31-9-5-27-6-10-31)13-33(15)19-12-18(29-21(30-19)23(24,25)26)32-7-3-22(4-8-32)20-16(2-11-34-22)28-14-35-20/h12,14-15,17,27H,2-11,13H2,1H3/t15-,17-/m1/s1. The molecule has 3 fully saturated rings. The number of halogens is 3. The summed E-state index contributed by atoms with van der Waals surface area (Å²) in [5.41, 5.74) is 2.59. The van der Waals surface area contributed by atoms with E-state index >= 15 is 0 Å². The van der Waals surface area contributed by atoms with Crippen molar-refractivity contribution in [1.29, 1.82) is 0 Å². The number of anilines is 2. The van der Waals surface area contributed by atoms with Crippen LogP contribution in [0.1, 0.15) is 36.2 Å². The molecule has 1 N–H and O–H groups in total. The van der Waals surface area contributed by atoms with Crippen molar-refractivity contribution in [2.75, 3.05) is 62.2 Å². The van der Waals surface area contributed by atoms with Gasteiger partial charge in [-0.05, 0) is 19.8 Å². The lowest BCUT2D eigenvalue weighted by Crippen LogP contribution is -2.68. The topological polar surface area (TPSA) is 69.7 Å². The van der Waals surface area contributed by atoms with Gasteiger partial charge in [0.05, 0.1) is 22.7 Å². The summed E-state index contributed by atoms with van der Waals surface area (Å²) in [5.74, 6) is -0.364. The lowest BCUT2D eigenvalue weighted by atomic mass is 9.86. The van der Waals surface area contributed by atoms with E-state index in [-0.39, 0.29) is 11.6 Å². The molecule has 12 heteroatoms. The van der Waals surface area contributed by atoms with Crippen LogP contribution in [0, 0.1) is 0 Å². The molecule has 0 amide bonds. The van der Waals surface area contributed by atoms with Crippen LogP contribution < -0.4 is 15.1 Å². The minimum atomic E-state index is -4.60. The van der Waals surface area contributed by atoms with Gasteiger partial charge in [-0.2, -0.15) is 13.2 Å². The Morgan fingerprint density at radius 2 is 1.86 bits per heavy atom. The minimum Gasteiger partial charge on any atom is -0.369 e. The van der Waals surface area contributed by atoms with Gasteiger partial charge in [0, 0.05) is 70.4 Å². The number of aromatic nitrogens is 3. The Morgan fingerprint density at radius 1 is 1.11 bits per heavy atom. The predicted molar refractivity (Wildman–Crippen MR) is 127 cm³/mol. The van der Waals surface area contributed by atoms with Gasteiger partial charge in [-0.15, -0.1) is 11.3 Å². The molecule has 3 saturated heterocycles. The summed E-state index contributed by atoms with van der Waals surface area (Å²) < 4.78 is 47.6. The average Bonchev–Trinajstić information content (AvgIpc) is 3.34. The number of fused-ring (bicyclic) bond motifs is 2. The summed E-state index contributed by atoms with van der Waals surface area (Å²) in [6.45, 7) is 8.35. The first-order valence-corrected chi connectivity index (χ1v) is 13.2. The Morgan fingerprint density at radius 3 is 2.57 bits per heavy atom. The highest BCUT2D eigenvalue weighted by atomic mass is 32.1. The molecule has 2 aromatic heterocycles. The highest BCUT2D eigenvalue weighted by Crippen LogP contribution is 2.44. The second kappa shape index (κ2) is 8.82. The van der Waals surface area contributed by atoms with Crippen LogP contribution in [-0.4, -0.2) is 84.4 Å². The van der Waals surface area contributed by atoms with Crippen molar-refractivity contribution in [3.63, 3.8) is 0 Å². The van der Waals surface area contributed by atoms with Crippen LogP contribution >= 0.6 is 11.3 Å². The van der Waals surface area contributed by atoms with Crippen molar-refractivity contribution in [3.05, 3.63) is 28.0 Å². The third kappa shape index (κ3) is 4.17. The van der Waals surface area contributed by atoms with Crippen LogP contribution in [0.5, 0.6) is 0 Å². The van der Waals surface area contributed by atoms with E-state index in [2.05, 4.69) is 32.1 Å². The molecule has 4 aliphatic heterocycles. The Kier molecular flexibility index (Phi) is 5.89. The SMILES string of the molecule is C[C@@H]1[C@H](N2CCNCC2)CN1c1cc(N2CCC3(CC2)OCCc2ncsc23)nc(C(F)(F)F)n1. The molecule has 0 aliphatic carbocycles. The Bertz CT molecular complexity index is 1070. The van der Waals surface area contributed by atoms with E-state index in [4.69, 9.17) is 4.74 Å². The van der Waals surface area contributed by atoms with E-state index < -0.39 is 12.0 Å². The largest absolute Gasteiger partial charge is 0.451 e. The summed E-state index contributed by atoms with van der Waals surface area (Å²) in [5, 5.41) is 3.35. The van der Waals surface area contributed by atoms with Gasteiger partial charge in [-0.1, -0.05) is 0 Å². The fourth-order valence-corrected chi connectivity index (χ4v) is 6.93. The van der Waals surface area contributed by atoms with Crippen molar-refractivity contribution in [2.24, 2.45) is 0 Å². The molecule has 2 aromatic rings. The van der Waals surface area contributed by atoms with Crippen LogP contribution in [0.4, 0.5) is 24.8 Å². The second-order valence-corrected chi connectivity index (χ2v) is 10.7. The molecular weight excluding hydrogens is 479 g/mol. The number of ether oxygens (including phenoxy) is 1. The van der Waals surface area contributed by atoms with E-state index in [0.717, 1.165) is 38.3 Å². The van der Waals surface area contributed by atoms with Crippen LogP contribution in [0.3, 0.4) is 0 Å². The van der Waals surface area contributed by atoms with Crippen LogP contribution in [-0.2, 0) is 22.9 Å². The first-order chi connectivity index (χ1) is 16.8. The predicted octanol–water partition coefficient (Wildman–Crippen LogP) is 2.50. The molecular formula is C23H30F3N7OS. The fraction of sp³-hybridized carbons (Fsp3) is 0.696. The van der Waals surface area contributed by atoms with Crippen LogP contribution in [0.15, 0.2) is 11.6 Å². The Hall–Kier alpha value is -2.02. The number of hydrogen-bond donors (Lipinski definition) is 1. The van der Waals surface area contributed by atoms with Crippen LogP contribution in [0.2, 0.25) is 0 Å². The zero-order chi connectivity index (χ0) is 24.2. The summed E-state index contributed by atoms with van der Waals surface area (Å²) in [6, 6.07) is 2.16. The van der Waals surface area contributed by atoms with Gasteiger partial charge in [0.2, 0.25) is 5.82 Å². The molecule has 0 bridgehead atoms. The van der Waals surface area contributed by atoms with E-state index in [1.165, 1.54) is 4.88 Å². The van der Waals surface area contributed by atoms with Crippen molar-refractivity contribution in [2.45, 2.75) is 50.0 Å². The van der Waals surface area contributed by atoms with E-state index in [9.17, 15) is 13.2 Å². The van der Waals surface area contributed by atoms with Gasteiger partial charge >= 0.3 is 6.18 Å². The van der Waals surface area contributed by atoms with Gasteiger partial charge in [0.25, 0.3) is 0 Å². The van der Waals surface area contributed by atoms with Crippen molar-refractivity contribution in [3.8, 4) is 0 Å². The van der Waals surface area contributed by atoms with Crippen molar-refractivity contribution < 1.29 is 17.9 Å². The second-order valence-electron chi connectivity index (χ2n) is 9.86. The molecule has 4 aliphatic rings. The van der Waals surface area contributed by atoms with E-state index in [0.29, 0.717) is 56.8 Å². The van der Waals surface area contributed by atoms with Gasteiger partial charge in [-0.3, -0.25) is 4.90 Å². The monoisotopic (exact) mass is 509 g/mol. The molecule has 1 spiro atoms. The molecule has 0 unspecified atom stereocenters. The number of alkyl halides is 3. The van der Waals surface area contributed by atoms with Crippen LogP contribution in [0.25, 0.3) is 0 Å². The fourth-order valence-electron chi connectivity index (χ4n) is 5.88. The van der Waals surface area contributed by atoms with E-state index in [1.54, 1.807) is 17.4 Å². The maximum atomic E-state index is 13.8. The molecule has 190 valence electrons. The third-order valence-electron chi connectivity index (χ3n) is 7.97. The smallest absolute Gasteiger partial charge is 0.369 e. The number of piperidine rings is 1. The summed E-state index contributed by atoms with van der Waals surface area (Å²) >= 11 is 1.62.